The van der Waals surface area contributed by atoms with Crippen LogP contribution in [0.3, 0.4) is 0 Å². The second-order valence-electron chi connectivity index (χ2n) is 7.43. The molecule has 136 valence electrons. The van der Waals surface area contributed by atoms with Gasteiger partial charge in [-0.05, 0) is 52.0 Å². The van der Waals surface area contributed by atoms with Crippen LogP contribution in [0.5, 0.6) is 0 Å². The summed E-state index contributed by atoms with van der Waals surface area (Å²) in [6, 6.07) is 0.451. The third-order valence-corrected chi connectivity index (χ3v) is 5.89. The lowest BCUT2D eigenvalue weighted by Crippen LogP contribution is -2.54. The van der Waals surface area contributed by atoms with E-state index < -0.39 is 0 Å². The van der Waals surface area contributed by atoms with Crippen molar-refractivity contribution >= 4 is 11.8 Å². The van der Waals surface area contributed by atoms with Gasteiger partial charge in [0, 0.05) is 38.7 Å². The molecule has 3 fully saturated rings. The largest absolute Gasteiger partial charge is 0.376 e. The summed E-state index contributed by atoms with van der Waals surface area (Å²) in [5, 5.41) is 3.06. The summed E-state index contributed by atoms with van der Waals surface area (Å²) in [6.07, 6.45) is 6.63. The maximum Gasteiger partial charge on any atom is 0.237 e. The average molecular weight is 337 g/mol. The Morgan fingerprint density at radius 2 is 1.88 bits per heavy atom. The molecule has 0 aliphatic carbocycles. The van der Waals surface area contributed by atoms with Crippen LogP contribution in [0.2, 0.25) is 0 Å². The molecule has 2 amide bonds. The summed E-state index contributed by atoms with van der Waals surface area (Å²) in [6.45, 7) is 6.90. The first kappa shape index (κ1) is 17.7. The predicted molar refractivity (Wildman–Crippen MR) is 91.6 cm³/mol. The van der Waals surface area contributed by atoms with Gasteiger partial charge in [-0.2, -0.15) is 0 Å². The minimum Gasteiger partial charge on any atom is -0.376 e. The van der Waals surface area contributed by atoms with E-state index in [9.17, 15) is 9.59 Å². The van der Waals surface area contributed by atoms with Crippen molar-refractivity contribution in [1.29, 1.82) is 0 Å². The number of likely N-dealkylation sites (tertiary alicyclic amines) is 2. The van der Waals surface area contributed by atoms with Gasteiger partial charge in [0.2, 0.25) is 11.8 Å². The molecule has 0 aromatic heterocycles. The normalized spacial score (nSPS) is 32.2. The number of amides is 2. The lowest BCUT2D eigenvalue weighted by atomic mass is 10.0. The van der Waals surface area contributed by atoms with Gasteiger partial charge in [-0.1, -0.05) is 0 Å². The number of carbonyl (C=O) groups is 2. The van der Waals surface area contributed by atoms with E-state index in [1.165, 1.54) is 0 Å². The minimum absolute atomic E-state index is 0.0878. The van der Waals surface area contributed by atoms with E-state index in [2.05, 4.69) is 10.2 Å². The summed E-state index contributed by atoms with van der Waals surface area (Å²) >= 11 is 0. The summed E-state index contributed by atoms with van der Waals surface area (Å²) in [5.74, 6) is 0.254. The van der Waals surface area contributed by atoms with Gasteiger partial charge in [-0.15, -0.1) is 0 Å². The monoisotopic (exact) mass is 337 g/mol. The molecule has 24 heavy (non-hydrogen) atoms. The SMILES string of the molecule is CC(=O)N1CCC[C@@H]1[C@@H]1CCCN1[C@@H](C)C(=O)NC[C@@H]1CCCO1. The molecule has 0 aromatic carbocycles. The first-order valence-electron chi connectivity index (χ1n) is 9.50. The summed E-state index contributed by atoms with van der Waals surface area (Å²) < 4.78 is 5.58. The van der Waals surface area contributed by atoms with Crippen LogP contribution in [0, 0.1) is 0 Å². The van der Waals surface area contributed by atoms with Crippen molar-refractivity contribution in [2.45, 2.75) is 76.6 Å². The highest BCUT2D eigenvalue weighted by Crippen LogP contribution is 2.31. The minimum atomic E-state index is -0.145. The number of nitrogens with one attached hydrogen (secondary N) is 1. The molecule has 6 heteroatoms. The summed E-state index contributed by atoms with van der Waals surface area (Å²) in [5.41, 5.74) is 0. The number of rotatable bonds is 5. The van der Waals surface area contributed by atoms with E-state index in [4.69, 9.17) is 4.74 Å². The number of ether oxygens (including phenoxy) is 1. The third kappa shape index (κ3) is 3.75. The second kappa shape index (κ2) is 7.83. The Balaban J connectivity index is 1.57. The molecule has 3 aliphatic heterocycles. The molecule has 3 aliphatic rings. The van der Waals surface area contributed by atoms with Crippen molar-refractivity contribution in [2.75, 3.05) is 26.2 Å². The fraction of sp³-hybridized carbons (Fsp3) is 0.889. The van der Waals surface area contributed by atoms with Gasteiger partial charge in [0.1, 0.15) is 0 Å². The van der Waals surface area contributed by atoms with E-state index in [1.807, 2.05) is 11.8 Å². The van der Waals surface area contributed by atoms with Crippen LogP contribution in [0.15, 0.2) is 0 Å². The predicted octanol–water partition coefficient (Wildman–Crippen LogP) is 1.15. The molecule has 0 bridgehead atoms. The van der Waals surface area contributed by atoms with Gasteiger partial charge in [0.15, 0.2) is 0 Å². The molecule has 6 nitrogen and oxygen atoms in total. The van der Waals surface area contributed by atoms with E-state index in [-0.39, 0.29) is 30.0 Å². The number of carbonyl (C=O) groups excluding carboxylic acids is 2. The smallest absolute Gasteiger partial charge is 0.237 e. The molecule has 1 N–H and O–H groups in total. The molecule has 3 rings (SSSR count). The Bertz CT molecular complexity index is 464. The highest BCUT2D eigenvalue weighted by Gasteiger charge is 2.41. The van der Waals surface area contributed by atoms with Crippen molar-refractivity contribution in [3.63, 3.8) is 0 Å². The van der Waals surface area contributed by atoms with Crippen molar-refractivity contribution in [1.82, 2.24) is 15.1 Å². The highest BCUT2D eigenvalue weighted by molar-refractivity contribution is 5.81. The van der Waals surface area contributed by atoms with Gasteiger partial charge in [-0.3, -0.25) is 14.5 Å². The van der Waals surface area contributed by atoms with E-state index >= 15 is 0 Å². The van der Waals surface area contributed by atoms with Crippen LogP contribution in [0.1, 0.15) is 52.4 Å². The number of hydrogen-bond donors (Lipinski definition) is 1. The summed E-state index contributed by atoms with van der Waals surface area (Å²) in [7, 11) is 0. The second-order valence-corrected chi connectivity index (χ2v) is 7.43. The molecule has 0 saturated carbocycles. The molecule has 3 saturated heterocycles. The summed E-state index contributed by atoms with van der Waals surface area (Å²) in [4.78, 5) is 28.8. The Morgan fingerprint density at radius 1 is 1.12 bits per heavy atom. The van der Waals surface area contributed by atoms with E-state index in [1.54, 1.807) is 6.92 Å². The van der Waals surface area contributed by atoms with Crippen LogP contribution in [-0.4, -0.2) is 72.1 Å². The number of hydrogen-bond acceptors (Lipinski definition) is 4. The Kier molecular flexibility index (Phi) is 5.76. The number of nitrogens with zero attached hydrogens (tertiary/aromatic N) is 2. The molecule has 0 radical (unpaired) electrons. The molecular formula is C18H31N3O3. The third-order valence-electron chi connectivity index (χ3n) is 5.89. The standard InChI is InChI=1S/C18H31N3O3/c1-13(18(23)19-12-15-6-5-11-24-15)20-9-3-7-16(20)17-8-4-10-21(17)14(2)22/h13,15-17H,3-12H2,1-2H3,(H,19,23)/t13-,15-,16-,17+/m0/s1. The van der Waals surface area contributed by atoms with Gasteiger partial charge >= 0.3 is 0 Å². The highest BCUT2D eigenvalue weighted by atomic mass is 16.5. The fourth-order valence-corrected chi connectivity index (χ4v) is 4.61. The molecule has 3 heterocycles. The van der Waals surface area contributed by atoms with Gasteiger partial charge in [0.25, 0.3) is 0 Å². The van der Waals surface area contributed by atoms with Gasteiger partial charge < -0.3 is 15.0 Å². The zero-order valence-electron chi connectivity index (χ0n) is 15.0. The van der Waals surface area contributed by atoms with Crippen LogP contribution >= 0.6 is 0 Å². The molecule has 0 spiro atoms. The van der Waals surface area contributed by atoms with Crippen LogP contribution in [-0.2, 0) is 14.3 Å². The topological polar surface area (TPSA) is 61.9 Å². The van der Waals surface area contributed by atoms with Crippen LogP contribution in [0.25, 0.3) is 0 Å². The first-order chi connectivity index (χ1) is 11.6. The molecule has 4 atom stereocenters. The Hall–Kier alpha value is -1.14. The van der Waals surface area contributed by atoms with E-state index in [0.717, 1.165) is 58.2 Å². The van der Waals surface area contributed by atoms with Crippen molar-refractivity contribution < 1.29 is 14.3 Å². The maximum atomic E-state index is 12.6. The average Bonchev–Trinajstić information content (AvgIpc) is 3.31. The molecule has 0 unspecified atom stereocenters. The quantitative estimate of drug-likeness (QED) is 0.817. The van der Waals surface area contributed by atoms with E-state index in [0.29, 0.717) is 12.6 Å². The molecular weight excluding hydrogens is 306 g/mol. The Morgan fingerprint density at radius 3 is 2.58 bits per heavy atom. The lowest BCUT2D eigenvalue weighted by molar-refractivity contribution is -0.131. The first-order valence-corrected chi connectivity index (χ1v) is 9.50. The van der Waals surface area contributed by atoms with Gasteiger partial charge in [-0.25, -0.2) is 0 Å². The van der Waals surface area contributed by atoms with Crippen molar-refractivity contribution in [3.8, 4) is 0 Å². The zero-order chi connectivity index (χ0) is 17.1. The lowest BCUT2D eigenvalue weighted by Gasteiger charge is -2.37. The zero-order valence-corrected chi connectivity index (χ0v) is 15.0. The van der Waals surface area contributed by atoms with Crippen LogP contribution < -0.4 is 5.32 Å². The maximum absolute atomic E-state index is 12.6. The Labute approximate surface area is 144 Å². The van der Waals surface area contributed by atoms with Crippen molar-refractivity contribution in [2.24, 2.45) is 0 Å². The molecule has 0 aromatic rings. The van der Waals surface area contributed by atoms with Gasteiger partial charge in [0.05, 0.1) is 12.1 Å². The van der Waals surface area contributed by atoms with Crippen molar-refractivity contribution in [3.05, 3.63) is 0 Å². The fourth-order valence-electron chi connectivity index (χ4n) is 4.61. The van der Waals surface area contributed by atoms with Crippen LogP contribution in [0.4, 0.5) is 0 Å².